The molecule has 0 aliphatic heterocycles. The van der Waals surface area contributed by atoms with Gasteiger partial charge in [-0.2, -0.15) is 10.4 Å². The third kappa shape index (κ3) is 2.24. The van der Waals surface area contributed by atoms with E-state index in [2.05, 4.69) is 16.5 Å². The standard InChI is InChI=1S/C12H11ClN4/c1-8-11(7-14)12(17(2)16-8)15-10-5-3-4-9(13)6-10/h3-6,15H,1-2H3. The molecule has 5 heteroatoms. The monoisotopic (exact) mass is 246 g/mol. The average Bonchev–Trinajstić information content (AvgIpc) is 2.53. The summed E-state index contributed by atoms with van der Waals surface area (Å²) >= 11 is 5.90. The first-order valence-electron chi connectivity index (χ1n) is 5.08. The number of hydrogen-bond acceptors (Lipinski definition) is 3. The number of benzene rings is 1. The van der Waals surface area contributed by atoms with Gasteiger partial charge in [-0.3, -0.25) is 4.68 Å². The smallest absolute Gasteiger partial charge is 0.146 e. The van der Waals surface area contributed by atoms with Crippen molar-refractivity contribution in [3.8, 4) is 6.07 Å². The molecular weight excluding hydrogens is 236 g/mol. The van der Waals surface area contributed by atoms with Crippen LogP contribution in [0.15, 0.2) is 24.3 Å². The third-order valence-corrected chi connectivity index (χ3v) is 2.66. The van der Waals surface area contributed by atoms with E-state index in [0.29, 0.717) is 22.1 Å². The van der Waals surface area contributed by atoms with Crippen molar-refractivity contribution < 1.29 is 0 Å². The van der Waals surface area contributed by atoms with Crippen LogP contribution in [0.3, 0.4) is 0 Å². The van der Waals surface area contributed by atoms with Gasteiger partial charge in [-0.05, 0) is 25.1 Å². The Morgan fingerprint density at radius 3 is 2.88 bits per heavy atom. The molecule has 0 bridgehead atoms. The Morgan fingerprint density at radius 1 is 1.47 bits per heavy atom. The molecule has 86 valence electrons. The zero-order valence-electron chi connectivity index (χ0n) is 9.53. The molecule has 0 spiro atoms. The number of aromatic nitrogens is 2. The van der Waals surface area contributed by atoms with E-state index in [1.807, 2.05) is 19.1 Å². The van der Waals surface area contributed by atoms with Gasteiger partial charge in [0, 0.05) is 17.8 Å². The van der Waals surface area contributed by atoms with Crippen LogP contribution in [0.5, 0.6) is 0 Å². The van der Waals surface area contributed by atoms with Gasteiger partial charge < -0.3 is 5.32 Å². The van der Waals surface area contributed by atoms with E-state index in [1.54, 1.807) is 23.9 Å². The van der Waals surface area contributed by atoms with Gasteiger partial charge in [-0.1, -0.05) is 17.7 Å². The Bertz CT molecular complexity index is 595. The molecule has 0 aliphatic carbocycles. The van der Waals surface area contributed by atoms with Crippen LogP contribution in [-0.4, -0.2) is 9.78 Å². The second kappa shape index (κ2) is 4.48. The van der Waals surface area contributed by atoms with Crippen LogP contribution in [0.2, 0.25) is 5.02 Å². The van der Waals surface area contributed by atoms with E-state index >= 15 is 0 Å². The Hall–Kier alpha value is -1.99. The van der Waals surface area contributed by atoms with Crippen LogP contribution >= 0.6 is 11.6 Å². The molecule has 1 N–H and O–H groups in total. The number of aryl methyl sites for hydroxylation is 2. The normalized spacial score (nSPS) is 10.0. The summed E-state index contributed by atoms with van der Waals surface area (Å²) in [6, 6.07) is 9.47. The molecule has 0 fully saturated rings. The number of hydrogen-bond donors (Lipinski definition) is 1. The van der Waals surface area contributed by atoms with Gasteiger partial charge in [0.2, 0.25) is 0 Å². The number of nitrogens with zero attached hydrogens (tertiary/aromatic N) is 3. The van der Waals surface area contributed by atoms with Crippen molar-refractivity contribution in [1.82, 2.24) is 9.78 Å². The van der Waals surface area contributed by atoms with Gasteiger partial charge in [-0.25, -0.2) is 0 Å². The Morgan fingerprint density at radius 2 is 2.24 bits per heavy atom. The minimum atomic E-state index is 0.549. The molecule has 17 heavy (non-hydrogen) atoms. The van der Waals surface area contributed by atoms with Crippen LogP contribution in [0, 0.1) is 18.3 Å². The van der Waals surface area contributed by atoms with Crippen molar-refractivity contribution in [2.24, 2.45) is 7.05 Å². The summed E-state index contributed by atoms with van der Waals surface area (Å²) in [5, 5.41) is 17.1. The zero-order valence-corrected chi connectivity index (χ0v) is 10.3. The molecule has 0 atom stereocenters. The molecule has 2 aromatic rings. The molecule has 0 saturated carbocycles. The molecule has 1 aromatic heterocycles. The van der Waals surface area contributed by atoms with Gasteiger partial charge in [0.05, 0.1) is 5.69 Å². The number of anilines is 2. The molecule has 1 heterocycles. The molecule has 0 amide bonds. The van der Waals surface area contributed by atoms with Crippen molar-refractivity contribution in [3.05, 3.63) is 40.5 Å². The highest BCUT2D eigenvalue weighted by molar-refractivity contribution is 6.30. The van der Waals surface area contributed by atoms with Crippen LogP contribution in [-0.2, 0) is 7.05 Å². The first-order chi connectivity index (χ1) is 8.11. The summed E-state index contributed by atoms with van der Waals surface area (Å²) in [5.41, 5.74) is 2.09. The number of nitrogens with one attached hydrogen (secondary N) is 1. The predicted octanol–water partition coefficient (Wildman–Crippen LogP) is 3.00. The van der Waals surface area contributed by atoms with E-state index in [4.69, 9.17) is 16.9 Å². The number of halogens is 1. The van der Waals surface area contributed by atoms with Gasteiger partial charge in [0.25, 0.3) is 0 Å². The molecule has 0 unspecified atom stereocenters. The van der Waals surface area contributed by atoms with E-state index in [9.17, 15) is 0 Å². The van der Waals surface area contributed by atoms with Gasteiger partial charge in [0.15, 0.2) is 0 Å². The molecule has 0 radical (unpaired) electrons. The van der Waals surface area contributed by atoms with E-state index in [-0.39, 0.29) is 0 Å². The second-order valence-electron chi connectivity index (χ2n) is 3.68. The van der Waals surface area contributed by atoms with E-state index in [0.717, 1.165) is 5.69 Å². The Kier molecular flexibility index (Phi) is 3.03. The van der Waals surface area contributed by atoms with Gasteiger partial charge in [-0.15, -0.1) is 0 Å². The summed E-state index contributed by atoms with van der Waals surface area (Å²) in [6.07, 6.45) is 0. The summed E-state index contributed by atoms with van der Waals surface area (Å²) in [4.78, 5) is 0. The van der Waals surface area contributed by atoms with Gasteiger partial charge in [0.1, 0.15) is 17.5 Å². The predicted molar refractivity (Wildman–Crippen MR) is 67.4 cm³/mol. The average molecular weight is 247 g/mol. The zero-order chi connectivity index (χ0) is 12.4. The highest BCUT2D eigenvalue weighted by Gasteiger charge is 2.12. The van der Waals surface area contributed by atoms with Crippen LogP contribution < -0.4 is 5.32 Å². The van der Waals surface area contributed by atoms with Crippen molar-refractivity contribution in [2.75, 3.05) is 5.32 Å². The fraction of sp³-hybridized carbons (Fsp3) is 0.167. The largest absolute Gasteiger partial charge is 0.339 e. The lowest BCUT2D eigenvalue weighted by Gasteiger charge is -2.07. The first-order valence-corrected chi connectivity index (χ1v) is 5.46. The molecule has 4 nitrogen and oxygen atoms in total. The highest BCUT2D eigenvalue weighted by Crippen LogP contribution is 2.23. The second-order valence-corrected chi connectivity index (χ2v) is 4.12. The maximum atomic E-state index is 9.08. The first kappa shape index (κ1) is 11.5. The van der Waals surface area contributed by atoms with E-state index in [1.165, 1.54) is 0 Å². The van der Waals surface area contributed by atoms with Crippen molar-refractivity contribution >= 4 is 23.1 Å². The molecule has 2 rings (SSSR count). The topological polar surface area (TPSA) is 53.6 Å². The maximum absolute atomic E-state index is 9.08. The van der Waals surface area contributed by atoms with Crippen LogP contribution in [0.4, 0.5) is 11.5 Å². The minimum Gasteiger partial charge on any atom is -0.339 e. The summed E-state index contributed by atoms with van der Waals surface area (Å²) in [5.74, 6) is 0.673. The van der Waals surface area contributed by atoms with Crippen molar-refractivity contribution in [1.29, 1.82) is 5.26 Å². The Balaban J connectivity index is 2.40. The minimum absolute atomic E-state index is 0.549. The van der Waals surface area contributed by atoms with Crippen molar-refractivity contribution in [2.45, 2.75) is 6.92 Å². The molecule has 1 aromatic carbocycles. The molecular formula is C12H11ClN4. The molecule has 0 aliphatic rings. The fourth-order valence-corrected chi connectivity index (χ4v) is 1.83. The van der Waals surface area contributed by atoms with E-state index < -0.39 is 0 Å². The fourth-order valence-electron chi connectivity index (χ4n) is 1.64. The summed E-state index contributed by atoms with van der Waals surface area (Å²) in [6.45, 7) is 1.81. The lowest BCUT2D eigenvalue weighted by atomic mass is 10.2. The molecule has 0 saturated heterocycles. The Labute approximate surface area is 104 Å². The number of nitriles is 1. The maximum Gasteiger partial charge on any atom is 0.146 e. The SMILES string of the molecule is Cc1nn(C)c(Nc2cccc(Cl)c2)c1C#N. The van der Waals surface area contributed by atoms with Gasteiger partial charge >= 0.3 is 0 Å². The summed E-state index contributed by atoms with van der Waals surface area (Å²) < 4.78 is 1.65. The van der Waals surface area contributed by atoms with Crippen LogP contribution in [0.25, 0.3) is 0 Å². The van der Waals surface area contributed by atoms with Crippen molar-refractivity contribution in [3.63, 3.8) is 0 Å². The quantitative estimate of drug-likeness (QED) is 0.886. The summed E-state index contributed by atoms with van der Waals surface area (Å²) in [7, 11) is 1.79. The highest BCUT2D eigenvalue weighted by atomic mass is 35.5. The number of rotatable bonds is 2. The third-order valence-electron chi connectivity index (χ3n) is 2.42. The van der Waals surface area contributed by atoms with Crippen LogP contribution in [0.1, 0.15) is 11.3 Å². The lowest BCUT2D eigenvalue weighted by molar-refractivity contribution is 0.765. The lowest BCUT2D eigenvalue weighted by Crippen LogP contribution is -2.00.